The van der Waals surface area contributed by atoms with Crippen LogP contribution in [0.15, 0.2) is 4.47 Å². The summed E-state index contributed by atoms with van der Waals surface area (Å²) in [5, 5.41) is 3.41. The van der Waals surface area contributed by atoms with Crippen LogP contribution >= 0.6 is 27.7 Å². The molecule has 1 aliphatic heterocycles. The van der Waals surface area contributed by atoms with Crippen molar-refractivity contribution in [2.24, 2.45) is 0 Å². The van der Waals surface area contributed by atoms with Crippen LogP contribution in [0.2, 0.25) is 0 Å². The molecule has 1 aromatic rings. The van der Waals surface area contributed by atoms with E-state index >= 15 is 0 Å². The Morgan fingerprint density at radius 1 is 1.40 bits per heavy atom. The van der Waals surface area contributed by atoms with Gasteiger partial charge in [0.2, 0.25) is 0 Å². The van der Waals surface area contributed by atoms with E-state index in [4.69, 9.17) is 9.97 Å². The first-order chi connectivity index (χ1) is 9.67. The number of aromatic nitrogens is 2. The summed E-state index contributed by atoms with van der Waals surface area (Å²) in [5.74, 6) is 4.18. The molecule has 4 nitrogen and oxygen atoms in total. The van der Waals surface area contributed by atoms with Crippen molar-refractivity contribution < 1.29 is 0 Å². The van der Waals surface area contributed by atoms with Crippen molar-refractivity contribution in [3.63, 3.8) is 0 Å². The van der Waals surface area contributed by atoms with E-state index in [0.29, 0.717) is 6.04 Å². The molecule has 0 spiro atoms. The van der Waals surface area contributed by atoms with Crippen molar-refractivity contribution in [2.45, 2.75) is 32.7 Å². The number of nitrogens with zero attached hydrogens (tertiary/aromatic N) is 3. The maximum atomic E-state index is 4.78. The SMILES string of the molecule is CCCNc1nc(C2CSCCN2C)nc(CC)c1Br. The predicted molar refractivity (Wildman–Crippen MR) is 90.6 cm³/mol. The molecule has 0 amide bonds. The van der Waals surface area contributed by atoms with Crippen LogP contribution in [0.5, 0.6) is 0 Å². The fourth-order valence-corrected chi connectivity index (χ4v) is 4.02. The van der Waals surface area contributed by atoms with Gasteiger partial charge in [0.05, 0.1) is 16.2 Å². The van der Waals surface area contributed by atoms with Gasteiger partial charge in [0.1, 0.15) is 11.6 Å². The van der Waals surface area contributed by atoms with Gasteiger partial charge in [-0.2, -0.15) is 11.8 Å². The van der Waals surface area contributed by atoms with Crippen molar-refractivity contribution >= 4 is 33.5 Å². The van der Waals surface area contributed by atoms with E-state index in [0.717, 1.165) is 53.5 Å². The summed E-state index contributed by atoms with van der Waals surface area (Å²) in [6, 6.07) is 0.328. The molecule has 112 valence electrons. The van der Waals surface area contributed by atoms with Crippen LogP contribution in [0.25, 0.3) is 0 Å². The van der Waals surface area contributed by atoms with Gasteiger partial charge in [0, 0.05) is 24.6 Å². The first-order valence-electron chi connectivity index (χ1n) is 7.25. The lowest BCUT2D eigenvalue weighted by molar-refractivity contribution is 0.264. The zero-order valence-electron chi connectivity index (χ0n) is 12.4. The minimum absolute atomic E-state index is 0.328. The average Bonchev–Trinajstić information content (AvgIpc) is 2.47. The second-order valence-electron chi connectivity index (χ2n) is 5.04. The second kappa shape index (κ2) is 7.61. The molecule has 0 saturated carbocycles. The van der Waals surface area contributed by atoms with Gasteiger partial charge in [-0.05, 0) is 35.8 Å². The predicted octanol–water partition coefficient (Wildman–Crippen LogP) is 3.34. The lowest BCUT2D eigenvalue weighted by Crippen LogP contribution is -2.34. The molecule has 1 aromatic heterocycles. The Labute approximate surface area is 134 Å². The van der Waals surface area contributed by atoms with Crippen molar-refractivity contribution in [3.05, 3.63) is 16.0 Å². The number of hydrogen-bond acceptors (Lipinski definition) is 5. The van der Waals surface area contributed by atoms with E-state index in [1.807, 2.05) is 11.8 Å². The topological polar surface area (TPSA) is 41.1 Å². The highest BCUT2D eigenvalue weighted by molar-refractivity contribution is 9.10. The number of anilines is 1. The van der Waals surface area contributed by atoms with Gasteiger partial charge in [-0.1, -0.05) is 13.8 Å². The molecule has 1 atom stereocenters. The number of halogens is 1. The first-order valence-corrected chi connectivity index (χ1v) is 9.20. The van der Waals surface area contributed by atoms with E-state index in [-0.39, 0.29) is 0 Å². The molecule has 1 fully saturated rings. The van der Waals surface area contributed by atoms with Gasteiger partial charge < -0.3 is 5.32 Å². The summed E-state index contributed by atoms with van der Waals surface area (Å²) in [4.78, 5) is 11.9. The number of rotatable bonds is 5. The molecule has 0 aliphatic carbocycles. The summed E-state index contributed by atoms with van der Waals surface area (Å²) in [7, 11) is 2.17. The van der Waals surface area contributed by atoms with Gasteiger partial charge >= 0.3 is 0 Å². The molecule has 0 bridgehead atoms. The Morgan fingerprint density at radius 2 is 2.20 bits per heavy atom. The molecule has 1 aliphatic rings. The van der Waals surface area contributed by atoms with E-state index < -0.39 is 0 Å². The third-order valence-electron chi connectivity index (χ3n) is 3.51. The lowest BCUT2D eigenvalue weighted by atomic mass is 10.2. The van der Waals surface area contributed by atoms with Crippen LogP contribution in [-0.2, 0) is 6.42 Å². The van der Waals surface area contributed by atoms with Crippen LogP contribution in [0.1, 0.15) is 37.8 Å². The normalized spacial score (nSPS) is 20.1. The molecule has 0 aromatic carbocycles. The largest absolute Gasteiger partial charge is 0.369 e. The number of thioether (sulfide) groups is 1. The van der Waals surface area contributed by atoms with Gasteiger partial charge in [-0.15, -0.1) is 0 Å². The van der Waals surface area contributed by atoms with E-state index in [1.165, 1.54) is 5.75 Å². The molecular formula is C14H23BrN4S. The highest BCUT2D eigenvalue weighted by Gasteiger charge is 2.25. The molecule has 2 rings (SSSR count). The maximum absolute atomic E-state index is 4.78. The molecule has 1 unspecified atom stereocenters. The molecule has 0 radical (unpaired) electrons. The number of nitrogens with one attached hydrogen (secondary N) is 1. The van der Waals surface area contributed by atoms with Crippen LogP contribution in [0.3, 0.4) is 0 Å². The standard InChI is InChI=1S/C14H23BrN4S/c1-4-6-16-14-12(15)10(5-2)17-13(18-14)11-9-20-8-7-19(11)3/h11H,4-9H2,1-3H3,(H,16,17,18). The number of aryl methyl sites for hydroxylation is 1. The summed E-state index contributed by atoms with van der Waals surface area (Å²) < 4.78 is 1.02. The average molecular weight is 359 g/mol. The molecule has 6 heteroatoms. The van der Waals surface area contributed by atoms with Crippen LogP contribution in [0, 0.1) is 0 Å². The van der Waals surface area contributed by atoms with Crippen molar-refractivity contribution in [2.75, 3.05) is 37.0 Å². The Bertz CT molecular complexity index is 455. The van der Waals surface area contributed by atoms with Crippen LogP contribution in [-0.4, -0.2) is 46.5 Å². The Morgan fingerprint density at radius 3 is 2.85 bits per heavy atom. The second-order valence-corrected chi connectivity index (χ2v) is 6.99. The zero-order valence-corrected chi connectivity index (χ0v) is 14.9. The van der Waals surface area contributed by atoms with Gasteiger partial charge in [0.15, 0.2) is 0 Å². The lowest BCUT2D eigenvalue weighted by Gasteiger charge is -2.31. The third kappa shape index (κ3) is 3.65. The highest BCUT2D eigenvalue weighted by atomic mass is 79.9. The summed E-state index contributed by atoms with van der Waals surface area (Å²) in [6.45, 7) is 6.34. The minimum atomic E-state index is 0.328. The highest BCUT2D eigenvalue weighted by Crippen LogP contribution is 2.30. The Balaban J connectivity index is 2.32. The van der Waals surface area contributed by atoms with Crippen LogP contribution < -0.4 is 5.32 Å². The summed E-state index contributed by atoms with van der Waals surface area (Å²) in [6.07, 6.45) is 2.01. The Kier molecular flexibility index (Phi) is 6.11. The summed E-state index contributed by atoms with van der Waals surface area (Å²) in [5.41, 5.74) is 1.09. The van der Waals surface area contributed by atoms with Crippen LogP contribution in [0.4, 0.5) is 5.82 Å². The Hall–Kier alpha value is -0.330. The third-order valence-corrected chi connectivity index (χ3v) is 5.36. The van der Waals surface area contributed by atoms with Gasteiger partial charge in [-0.3, -0.25) is 4.90 Å². The smallest absolute Gasteiger partial charge is 0.149 e. The fraction of sp³-hybridized carbons (Fsp3) is 0.714. The maximum Gasteiger partial charge on any atom is 0.149 e. The minimum Gasteiger partial charge on any atom is -0.369 e. The molecular weight excluding hydrogens is 336 g/mol. The van der Waals surface area contributed by atoms with E-state index in [2.05, 4.69) is 47.0 Å². The number of hydrogen-bond donors (Lipinski definition) is 1. The van der Waals surface area contributed by atoms with Gasteiger partial charge in [-0.25, -0.2) is 9.97 Å². The quantitative estimate of drug-likeness (QED) is 0.873. The molecule has 1 saturated heterocycles. The molecule has 20 heavy (non-hydrogen) atoms. The van der Waals surface area contributed by atoms with Crippen molar-refractivity contribution in [3.8, 4) is 0 Å². The van der Waals surface area contributed by atoms with E-state index in [9.17, 15) is 0 Å². The molecule has 1 N–H and O–H groups in total. The molecule has 2 heterocycles. The summed E-state index contributed by atoms with van der Waals surface area (Å²) >= 11 is 5.63. The van der Waals surface area contributed by atoms with Crippen molar-refractivity contribution in [1.29, 1.82) is 0 Å². The first kappa shape index (κ1) is 16.0. The monoisotopic (exact) mass is 358 g/mol. The zero-order chi connectivity index (χ0) is 14.5. The van der Waals surface area contributed by atoms with Gasteiger partial charge in [0.25, 0.3) is 0 Å². The van der Waals surface area contributed by atoms with Crippen molar-refractivity contribution in [1.82, 2.24) is 14.9 Å². The van der Waals surface area contributed by atoms with E-state index in [1.54, 1.807) is 0 Å². The fourth-order valence-electron chi connectivity index (χ4n) is 2.21.